The Morgan fingerprint density at radius 1 is 1.37 bits per heavy atom. The zero-order valence-electron chi connectivity index (χ0n) is 10.2. The van der Waals surface area contributed by atoms with Crippen LogP contribution in [0.25, 0.3) is 0 Å². The highest BCUT2D eigenvalue weighted by atomic mass is 32.2. The van der Waals surface area contributed by atoms with E-state index >= 15 is 0 Å². The third-order valence-corrected chi connectivity index (χ3v) is 4.31. The second kappa shape index (κ2) is 4.93. The molecule has 1 aliphatic rings. The SMILES string of the molecule is Nc1cnccc1NC(=O)C1CSc2ccccc21. The monoisotopic (exact) mass is 271 g/mol. The highest BCUT2D eigenvalue weighted by Gasteiger charge is 2.29. The number of hydrogen-bond acceptors (Lipinski definition) is 4. The molecule has 19 heavy (non-hydrogen) atoms. The molecule has 0 fully saturated rings. The molecule has 1 aromatic carbocycles. The first-order valence-electron chi connectivity index (χ1n) is 5.98. The van der Waals surface area contributed by atoms with E-state index in [9.17, 15) is 4.79 Å². The highest BCUT2D eigenvalue weighted by Crippen LogP contribution is 2.39. The van der Waals surface area contributed by atoms with Crippen molar-refractivity contribution in [3.8, 4) is 0 Å². The van der Waals surface area contributed by atoms with Gasteiger partial charge in [0.2, 0.25) is 5.91 Å². The Labute approximate surface area is 115 Å². The van der Waals surface area contributed by atoms with Crippen molar-refractivity contribution in [1.82, 2.24) is 4.98 Å². The summed E-state index contributed by atoms with van der Waals surface area (Å²) >= 11 is 1.71. The Morgan fingerprint density at radius 2 is 2.21 bits per heavy atom. The number of thioether (sulfide) groups is 1. The van der Waals surface area contributed by atoms with E-state index < -0.39 is 0 Å². The van der Waals surface area contributed by atoms with Gasteiger partial charge in [-0.1, -0.05) is 18.2 Å². The molecular weight excluding hydrogens is 258 g/mol. The van der Waals surface area contributed by atoms with Gasteiger partial charge >= 0.3 is 0 Å². The molecule has 1 amide bonds. The Hall–Kier alpha value is -2.01. The molecule has 0 saturated heterocycles. The van der Waals surface area contributed by atoms with E-state index in [2.05, 4.69) is 10.3 Å². The minimum atomic E-state index is -0.117. The van der Waals surface area contributed by atoms with Crippen LogP contribution in [0.2, 0.25) is 0 Å². The van der Waals surface area contributed by atoms with Crippen LogP contribution in [0.3, 0.4) is 0 Å². The Bertz CT molecular complexity index is 630. The summed E-state index contributed by atoms with van der Waals surface area (Å²) in [5, 5.41) is 2.88. The molecule has 0 spiro atoms. The summed E-state index contributed by atoms with van der Waals surface area (Å²) in [6, 6.07) is 9.73. The number of benzene rings is 1. The molecule has 0 radical (unpaired) electrons. The molecule has 0 saturated carbocycles. The van der Waals surface area contributed by atoms with Gasteiger partial charge in [0, 0.05) is 16.8 Å². The molecule has 0 bridgehead atoms. The summed E-state index contributed by atoms with van der Waals surface area (Å²) in [6.07, 6.45) is 3.15. The average Bonchev–Trinajstić information content (AvgIpc) is 2.85. The lowest BCUT2D eigenvalue weighted by atomic mass is 10.0. The normalized spacial score (nSPS) is 16.9. The molecule has 1 atom stereocenters. The zero-order valence-corrected chi connectivity index (χ0v) is 11.0. The fraction of sp³-hybridized carbons (Fsp3) is 0.143. The first kappa shape index (κ1) is 12.0. The second-order valence-electron chi connectivity index (χ2n) is 4.35. The maximum absolute atomic E-state index is 12.3. The molecule has 4 nitrogen and oxygen atoms in total. The lowest BCUT2D eigenvalue weighted by Gasteiger charge is -2.12. The molecule has 1 aromatic heterocycles. The molecule has 96 valence electrons. The lowest BCUT2D eigenvalue weighted by Crippen LogP contribution is -2.21. The number of fused-ring (bicyclic) bond motifs is 1. The molecule has 1 unspecified atom stereocenters. The van der Waals surface area contributed by atoms with Gasteiger partial charge in [-0.05, 0) is 17.7 Å². The minimum Gasteiger partial charge on any atom is -0.396 e. The number of aromatic nitrogens is 1. The van der Waals surface area contributed by atoms with E-state index in [0.29, 0.717) is 11.4 Å². The first-order chi connectivity index (χ1) is 9.25. The summed E-state index contributed by atoms with van der Waals surface area (Å²) in [6.45, 7) is 0. The van der Waals surface area contributed by atoms with E-state index in [4.69, 9.17) is 5.73 Å². The highest BCUT2D eigenvalue weighted by molar-refractivity contribution is 7.99. The van der Waals surface area contributed by atoms with E-state index in [-0.39, 0.29) is 11.8 Å². The molecule has 3 N–H and O–H groups in total. The van der Waals surface area contributed by atoms with Crippen molar-refractivity contribution >= 4 is 29.0 Å². The first-order valence-corrected chi connectivity index (χ1v) is 6.96. The van der Waals surface area contributed by atoms with Gasteiger partial charge in [0.15, 0.2) is 0 Å². The van der Waals surface area contributed by atoms with Gasteiger partial charge in [-0.15, -0.1) is 11.8 Å². The van der Waals surface area contributed by atoms with Gasteiger partial charge in [0.25, 0.3) is 0 Å². The van der Waals surface area contributed by atoms with Gasteiger partial charge in [-0.2, -0.15) is 0 Å². The van der Waals surface area contributed by atoms with Crippen molar-refractivity contribution in [3.63, 3.8) is 0 Å². The average molecular weight is 271 g/mol. The van der Waals surface area contributed by atoms with Crippen molar-refractivity contribution in [2.24, 2.45) is 0 Å². The van der Waals surface area contributed by atoms with E-state index in [1.165, 1.54) is 11.1 Å². The van der Waals surface area contributed by atoms with Crippen LogP contribution >= 0.6 is 11.8 Å². The fourth-order valence-corrected chi connectivity index (χ4v) is 3.35. The van der Waals surface area contributed by atoms with Crippen molar-refractivity contribution in [1.29, 1.82) is 0 Å². The summed E-state index contributed by atoms with van der Waals surface area (Å²) in [4.78, 5) is 17.4. The number of carbonyl (C=O) groups excluding carboxylic acids is 1. The van der Waals surface area contributed by atoms with Gasteiger partial charge in [0.1, 0.15) is 0 Å². The van der Waals surface area contributed by atoms with Crippen molar-refractivity contribution in [2.45, 2.75) is 10.8 Å². The van der Waals surface area contributed by atoms with Crippen LogP contribution in [-0.2, 0) is 4.79 Å². The lowest BCUT2D eigenvalue weighted by molar-refractivity contribution is -0.117. The number of anilines is 2. The number of rotatable bonds is 2. The maximum atomic E-state index is 12.3. The van der Waals surface area contributed by atoms with Gasteiger partial charge < -0.3 is 11.1 Å². The van der Waals surface area contributed by atoms with Crippen LogP contribution in [0, 0.1) is 0 Å². The van der Waals surface area contributed by atoms with Crippen LogP contribution in [0.4, 0.5) is 11.4 Å². The van der Waals surface area contributed by atoms with Crippen LogP contribution in [-0.4, -0.2) is 16.6 Å². The topological polar surface area (TPSA) is 68.0 Å². The summed E-state index contributed by atoms with van der Waals surface area (Å²) in [5.74, 6) is 0.639. The quantitative estimate of drug-likeness (QED) is 0.880. The Kier molecular flexibility index (Phi) is 3.13. The molecule has 2 heterocycles. The van der Waals surface area contributed by atoms with Crippen molar-refractivity contribution in [3.05, 3.63) is 48.3 Å². The number of carbonyl (C=O) groups is 1. The predicted molar refractivity (Wildman–Crippen MR) is 77.2 cm³/mol. The molecule has 2 aromatic rings. The van der Waals surface area contributed by atoms with E-state index in [1.54, 1.807) is 24.0 Å². The summed E-state index contributed by atoms with van der Waals surface area (Å²) in [7, 11) is 0. The number of nitrogen functional groups attached to an aromatic ring is 1. The second-order valence-corrected chi connectivity index (χ2v) is 5.42. The third-order valence-electron chi connectivity index (χ3n) is 3.13. The van der Waals surface area contributed by atoms with Crippen molar-refractivity contribution < 1.29 is 4.79 Å². The predicted octanol–water partition coefficient (Wildman–Crippen LogP) is 2.49. The minimum absolute atomic E-state index is 0.0182. The molecule has 3 rings (SSSR count). The molecule has 0 aliphatic carbocycles. The molecular formula is C14H13N3OS. The Balaban J connectivity index is 1.81. The standard InChI is InChI=1S/C14H13N3OS/c15-11-7-16-6-5-12(11)17-14(18)10-8-19-13-4-2-1-3-9(10)13/h1-7,10H,8,15H2,(H,16,17,18). The maximum Gasteiger partial charge on any atom is 0.232 e. The zero-order chi connectivity index (χ0) is 13.2. The largest absolute Gasteiger partial charge is 0.396 e. The number of pyridine rings is 1. The number of nitrogens with zero attached hydrogens (tertiary/aromatic N) is 1. The van der Waals surface area contributed by atoms with Gasteiger partial charge in [0.05, 0.1) is 23.5 Å². The number of hydrogen-bond donors (Lipinski definition) is 2. The van der Waals surface area contributed by atoms with Crippen molar-refractivity contribution in [2.75, 3.05) is 16.8 Å². The third kappa shape index (κ3) is 2.29. The smallest absolute Gasteiger partial charge is 0.232 e. The number of nitrogens with one attached hydrogen (secondary N) is 1. The fourth-order valence-electron chi connectivity index (χ4n) is 2.12. The Morgan fingerprint density at radius 3 is 3.05 bits per heavy atom. The van der Waals surface area contributed by atoms with Crippen LogP contribution in [0.15, 0.2) is 47.6 Å². The molecule has 1 aliphatic heterocycles. The van der Waals surface area contributed by atoms with Gasteiger partial charge in [-0.3, -0.25) is 9.78 Å². The number of nitrogens with two attached hydrogens (primary N) is 1. The van der Waals surface area contributed by atoms with Crippen LogP contribution in [0.5, 0.6) is 0 Å². The van der Waals surface area contributed by atoms with Crippen LogP contribution in [0.1, 0.15) is 11.5 Å². The summed E-state index contributed by atoms with van der Waals surface area (Å²) in [5.41, 5.74) is 7.98. The van der Waals surface area contributed by atoms with E-state index in [0.717, 1.165) is 11.3 Å². The summed E-state index contributed by atoms with van der Waals surface area (Å²) < 4.78 is 0. The van der Waals surface area contributed by atoms with Gasteiger partial charge in [-0.25, -0.2) is 0 Å². The van der Waals surface area contributed by atoms with E-state index in [1.807, 2.05) is 24.3 Å². The number of amides is 1. The van der Waals surface area contributed by atoms with Crippen LogP contribution < -0.4 is 11.1 Å². The molecule has 5 heteroatoms.